The molecule has 0 aliphatic rings. The number of benzene rings is 1. The van der Waals surface area contributed by atoms with Crippen LogP contribution in [-0.4, -0.2) is 25.8 Å². The number of nitrogens with two attached hydrogens (primary N) is 1. The van der Waals surface area contributed by atoms with Crippen molar-refractivity contribution in [3.05, 3.63) is 23.5 Å². The topological polar surface area (TPSA) is 63.4 Å². The van der Waals surface area contributed by atoms with E-state index in [0.29, 0.717) is 25.9 Å². The van der Waals surface area contributed by atoms with E-state index in [0.717, 1.165) is 6.07 Å². The summed E-state index contributed by atoms with van der Waals surface area (Å²) < 4.78 is 39.9. The summed E-state index contributed by atoms with van der Waals surface area (Å²) in [5.74, 6) is -0.591. The average molecular weight is 288 g/mol. The zero-order valence-electron chi connectivity index (χ0n) is 11.6. The van der Waals surface area contributed by atoms with Crippen molar-refractivity contribution in [2.24, 2.45) is 0 Å². The lowest BCUT2D eigenvalue weighted by atomic mass is 10.2. The zero-order valence-corrected chi connectivity index (χ0v) is 12.4. The van der Waals surface area contributed by atoms with Crippen LogP contribution in [0.15, 0.2) is 17.0 Å². The summed E-state index contributed by atoms with van der Waals surface area (Å²) in [6.45, 7) is 6.18. The second kappa shape index (κ2) is 6.34. The number of halogens is 1. The molecule has 0 saturated heterocycles. The maximum atomic E-state index is 13.6. The number of nitrogen functional groups attached to an aromatic ring is 1. The maximum Gasteiger partial charge on any atom is 0.243 e. The normalized spacial score (nSPS) is 12.1. The summed E-state index contributed by atoms with van der Waals surface area (Å²) in [5, 5.41) is 0. The van der Waals surface area contributed by atoms with E-state index in [4.69, 9.17) is 5.73 Å². The van der Waals surface area contributed by atoms with Crippen molar-refractivity contribution in [2.45, 2.75) is 38.5 Å². The smallest absolute Gasteiger partial charge is 0.243 e. The number of hydrogen-bond acceptors (Lipinski definition) is 3. The molecule has 0 fully saturated rings. The molecule has 19 heavy (non-hydrogen) atoms. The third-order valence-corrected chi connectivity index (χ3v) is 4.82. The van der Waals surface area contributed by atoms with E-state index in [2.05, 4.69) is 0 Å². The fraction of sp³-hybridized carbons (Fsp3) is 0.538. The Morgan fingerprint density at radius 1 is 1.21 bits per heavy atom. The Bertz CT molecular complexity index is 515. The van der Waals surface area contributed by atoms with Crippen molar-refractivity contribution in [2.75, 3.05) is 18.8 Å². The highest BCUT2D eigenvalue weighted by Crippen LogP contribution is 2.24. The molecule has 108 valence electrons. The Morgan fingerprint density at radius 2 is 1.74 bits per heavy atom. The SMILES string of the molecule is CCCN(CCC)S(=O)(=O)c1cc(N)c(C)c(F)c1. The van der Waals surface area contributed by atoms with Crippen LogP contribution < -0.4 is 5.73 Å². The molecule has 0 aromatic heterocycles. The van der Waals surface area contributed by atoms with Crippen LogP contribution in [-0.2, 0) is 10.0 Å². The van der Waals surface area contributed by atoms with E-state index in [1.807, 2.05) is 13.8 Å². The van der Waals surface area contributed by atoms with Gasteiger partial charge in [0, 0.05) is 24.3 Å². The van der Waals surface area contributed by atoms with Gasteiger partial charge in [0.15, 0.2) is 0 Å². The van der Waals surface area contributed by atoms with Gasteiger partial charge in [-0.25, -0.2) is 12.8 Å². The minimum absolute atomic E-state index is 0.0741. The van der Waals surface area contributed by atoms with Gasteiger partial charge in [-0.3, -0.25) is 0 Å². The number of nitrogens with zero attached hydrogens (tertiary/aromatic N) is 1. The van der Waals surface area contributed by atoms with E-state index in [1.165, 1.54) is 17.3 Å². The number of rotatable bonds is 6. The Hall–Kier alpha value is -1.14. The van der Waals surface area contributed by atoms with Crippen molar-refractivity contribution < 1.29 is 12.8 Å². The standard InChI is InChI=1S/C13H21FN2O2S/c1-4-6-16(7-5-2)19(17,18)11-8-12(14)10(3)13(15)9-11/h8-9H,4-7,15H2,1-3H3. The van der Waals surface area contributed by atoms with Gasteiger partial charge in [0.2, 0.25) is 10.0 Å². The zero-order chi connectivity index (χ0) is 14.6. The molecular formula is C13H21FN2O2S. The minimum Gasteiger partial charge on any atom is -0.398 e. The van der Waals surface area contributed by atoms with Crippen molar-refractivity contribution in [1.82, 2.24) is 4.31 Å². The summed E-state index contributed by atoms with van der Waals surface area (Å²) in [7, 11) is -3.67. The highest BCUT2D eigenvalue weighted by Gasteiger charge is 2.24. The van der Waals surface area contributed by atoms with E-state index in [9.17, 15) is 12.8 Å². The molecule has 1 aromatic rings. The third-order valence-electron chi connectivity index (χ3n) is 2.94. The summed E-state index contributed by atoms with van der Waals surface area (Å²) in [4.78, 5) is -0.0741. The minimum atomic E-state index is -3.67. The lowest BCUT2D eigenvalue weighted by Gasteiger charge is -2.21. The second-order valence-corrected chi connectivity index (χ2v) is 6.46. The number of sulfonamides is 1. The number of hydrogen-bond donors (Lipinski definition) is 1. The predicted octanol–water partition coefficient (Wildman–Crippen LogP) is 2.53. The molecule has 0 aliphatic heterocycles. The van der Waals surface area contributed by atoms with Gasteiger partial charge < -0.3 is 5.73 Å². The lowest BCUT2D eigenvalue weighted by molar-refractivity contribution is 0.409. The molecule has 0 radical (unpaired) electrons. The Morgan fingerprint density at radius 3 is 2.16 bits per heavy atom. The van der Waals surface area contributed by atoms with Crippen LogP contribution in [0.3, 0.4) is 0 Å². The van der Waals surface area contributed by atoms with Gasteiger partial charge in [-0.2, -0.15) is 4.31 Å². The predicted molar refractivity (Wildman–Crippen MR) is 74.9 cm³/mol. The molecule has 2 N–H and O–H groups in total. The van der Waals surface area contributed by atoms with Crippen molar-refractivity contribution in [3.8, 4) is 0 Å². The van der Waals surface area contributed by atoms with Crippen LogP contribution in [0.4, 0.5) is 10.1 Å². The first-order chi connectivity index (χ1) is 8.84. The monoisotopic (exact) mass is 288 g/mol. The molecule has 0 aliphatic carbocycles. The molecule has 0 saturated carbocycles. The van der Waals surface area contributed by atoms with Crippen LogP contribution in [0.5, 0.6) is 0 Å². The second-order valence-electron chi connectivity index (χ2n) is 4.52. The van der Waals surface area contributed by atoms with Crippen LogP contribution in [0.25, 0.3) is 0 Å². The summed E-state index contributed by atoms with van der Waals surface area (Å²) >= 11 is 0. The molecule has 0 spiro atoms. The molecule has 0 amide bonds. The molecular weight excluding hydrogens is 267 g/mol. The van der Waals surface area contributed by atoms with Gasteiger partial charge in [0.25, 0.3) is 0 Å². The van der Waals surface area contributed by atoms with Crippen molar-refractivity contribution >= 4 is 15.7 Å². The fourth-order valence-corrected chi connectivity index (χ4v) is 3.50. The van der Waals surface area contributed by atoms with E-state index >= 15 is 0 Å². The van der Waals surface area contributed by atoms with Crippen LogP contribution in [0.1, 0.15) is 32.3 Å². The first-order valence-corrected chi connectivity index (χ1v) is 7.84. The first-order valence-electron chi connectivity index (χ1n) is 6.40. The fourth-order valence-electron chi connectivity index (χ4n) is 1.82. The van der Waals surface area contributed by atoms with Crippen LogP contribution in [0, 0.1) is 12.7 Å². The van der Waals surface area contributed by atoms with Crippen molar-refractivity contribution in [1.29, 1.82) is 0 Å². The number of anilines is 1. The van der Waals surface area contributed by atoms with E-state index in [-0.39, 0.29) is 16.1 Å². The molecule has 6 heteroatoms. The average Bonchev–Trinajstić information content (AvgIpc) is 2.35. The largest absolute Gasteiger partial charge is 0.398 e. The van der Waals surface area contributed by atoms with Crippen LogP contribution in [0.2, 0.25) is 0 Å². The molecule has 0 unspecified atom stereocenters. The molecule has 1 rings (SSSR count). The van der Waals surface area contributed by atoms with Gasteiger partial charge in [0.1, 0.15) is 5.82 Å². The van der Waals surface area contributed by atoms with Crippen LogP contribution >= 0.6 is 0 Å². The van der Waals surface area contributed by atoms with E-state index in [1.54, 1.807) is 0 Å². The van der Waals surface area contributed by atoms with Gasteiger partial charge in [0.05, 0.1) is 4.90 Å². The summed E-state index contributed by atoms with van der Waals surface area (Å²) in [6.07, 6.45) is 1.42. The van der Waals surface area contributed by atoms with Gasteiger partial charge >= 0.3 is 0 Å². The van der Waals surface area contributed by atoms with Crippen molar-refractivity contribution in [3.63, 3.8) is 0 Å². The van der Waals surface area contributed by atoms with Gasteiger partial charge in [-0.05, 0) is 31.9 Å². The van der Waals surface area contributed by atoms with Gasteiger partial charge in [-0.15, -0.1) is 0 Å². The highest BCUT2D eigenvalue weighted by atomic mass is 32.2. The molecule has 1 aromatic carbocycles. The Kier molecular flexibility index (Phi) is 5.31. The van der Waals surface area contributed by atoms with Gasteiger partial charge in [-0.1, -0.05) is 13.8 Å². The highest BCUT2D eigenvalue weighted by molar-refractivity contribution is 7.89. The Balaban J connectivity index is 3.25. The maximum absolute atomic E-state index is 13.6. The summed E-state index contributed by atoms with van der Waals surface area (Å²) in [5.41, 5.74) is 6.08. The Labute approximate surface area is 114 Å². The first kappa shape index (κ1) is 15.9. The van der Waals surface area contributed by atoms with E-state index < -0.39 is 15.8 Å². The lowest BCUT2D eigenvalue weighted by Crippen LogP contribution is -2.32. The molecule has 0 heterocycles. The third kappa shape index (κ3) is 3.45. The molecule has 4 nitrogen and oxygen atoms in total. The summed E-state index contributed by atoms with van der Waals surface area (Å²) in [6, 6.07) is 2.37. The molecule has 0 bridgehead atoms. The quantitative estimate of drug-likeness (QED) is 0.818. The molecule has 0 atom stereocenters.